The van der Waals surface area contributed by atoms with Crippen LogP contribution in [-0.4, -0.2) is 12.6 Å². The molecule has 0 fully saturated rings. The quantitative estimate of drug-likeness (QED) is 0.703. The van der Waals surface area contributed by atoms with E-state index in [0.29, 0.717) is 17.9 Å². The number of rotatable bonds is 8. The van der Waals surface area contributed by atoms with E-state index < -0.39 is 0 Å². The van der Waals surface area contributed by atoms with Crippen LogP contribution < -0.4 is 5.32 Å². The van der Waals surface area contributed by atoms with Gasteiger partial charge in [0.05, 0.1) is 0 Å². The van der Waals surface area contributed by atoms with E-state index in [4.69, 9.17) is 0 Å². The minimum Gasteiger partial charge on any atom is -0.313 e. The zero-order chi connectivity index (χ0) is 15.1. The fraction of sp³-hybridized carbons (Fsp3) is 0.684. The van der Waals surface area contributed by atoms with Crippen molar-refractivity contribution in [3.05, 3.63) is 35.4 Å². The van der Waals surface area contributed by atoms with E-state index in [2.05, 4.69) is 71.1 Å². The lowest BCUT2D eigenvalue weighted by Crippen LogP contribution is -2.38. The predicted molar refractivity (Wildman–Crippen MR) is 90.3 cm³/mol. The maximum absolute atomic E-state index is 3.71. The summed E-state index contributed by atoms with van der Waals surface area (Å²) in [7, 11) is 0. The molecular weight excluding hydrogens is 242 g/mol. The smallest absolute Gasteiger partial charge is 0.0156 e. The zero-order valence-corrected chi connectivity index (χ0v) is 14.2. The maximum atomic E-state index is 3.71. The minimum absolute atomic E-state index is 0.561. The lowest BCUT2D eigenvalue weighted by atomic mass is 9.85. The molecule has 0 aliphatic heterocycles. The molecule has 0 amide bonds. The molecule has 1 N–H and O–H groups in total. The van der Waals surface area contributed by atoms with Gasteiger partial charge in [-0.05, 0) is 48.3 Å². The van der Waals surface area contributed by atoms with Crippen molar-refractivity contribution in [2.24, 2.45) is 11.8 Å². The van der Waals surface area contributed by atoms with E-state index in [1.54, 1.807) is 0 Å². The molecule has 0 aliphatic carbocycles. The van der Waals surface area contributed by atoms with Crippen molar-refractivity contribution < 1.29 is 0 Å². The van der Waals surface area contributed by atoms with E-state index >= 15 is 0 Å². The van der Waals surface area contributed by atoms with E-state index in [-0.39, 0.29) is 0 Å². The van der Waals surface area contributed by atoms with Crippen molar-refractivity contribution in [3.8, 4) is 0 Å². The highest BCUT2D eigenvalue weighted by Gasteiger charge is 2.21. The second-order valence-corrected chi connectivity index (χ2v) is 6.85. The summed E-state index contributed by atoms with van der Waals surface area (Å²) in [6.45, 7) is 14.9. The van der Waals surface area contributed by atoms with Gasteiger partial charge in [0, 0.05) is 6.04 Å². The Hall–Kier alpha value is -0.820. The van der Waals surface area contributed by atoms with Crippen LogP contribution in [0.4, 0.5) is 0 Å². The van der Waals surface area contributed by atoms with Crippen molar-refractivity contribution in [1.82, 2.24) is 5.32 Å². The second-order valence-electron chi connectivity index (χ2n) is 6.85. The van der Waals surface area contributed by atoms with Crippen molar-refractivity contribution in [2.75, 3.05) is 6.54 Å². The molecule has 0 bridgehead atoms. The largest absolute Gasteiger partial charge is 0.313 e. The Morgan fingerprint density at radius 1 is 0.950 bits per heavy atom. The first-order chi connectivity index (χ1) is 9.45. The Morgan fingerprint density at radius 2 is 1.55 bits per heavy atom. The van der Waals surface area contributed by atoms with Gasteiger partial charge in [-0.15, -0.1) is 0 Å². The third-order valence-electron chi connectivity index (χ3n) is 4.04. The molecule has 20 heavy (non-hydrogen) atoms. The van der Waals surface area contributed by atoms with E-state index in [1.807, 2.05) is 0 Å². The van der Waals surface area contributed by atoms with Gasteiger partial charge in [-0.1, -0.05) is 65.8 Å². The highest BCUT2D eigenvalue weighted by atomic mass is 14.9. The highest BCUT2D eigenvalue weighted by Crippen LogP contribution is 2.24. The Bertz CT molecular complexity index is 364. The normalized spacial score (nSPS) is 14.8. The van der Waals surface area contributed by atoms with Crippen LogP contribution in [-0.2, 0) is 6.42 Å². The molecule has 0 aliphatic rings. The van der Waals surface area contributed by atoms with Crippen molar-refractivity contribution in [1.29, 1.82) is 0 Å². The molecule has 1 rings (SSSR count). The molecule has 1 aromatic carbocycles. The molecule has 0 radical (unpaired) electrons. The highest BCUT2D eigenvalue weighted by molar-refractivity contribution is 5.26. The summed E-state index contributed by atoms with van der Waals surface area (Å²) < 4.78 is 0. The molecule has 114 valence electrons. The van der Waals surface area contributed by atoms with Gasteiger partial charge in [0.2, 0.25) is 0 Å². The molecule has 1 nitrogen and oxygen atoms in total. The molecule has 0 saturated heterocycles. The average Bonchev–Trinajstić information content (AvgIpc) is 2.38. The topological polar surface area (TPSA) is 12.0 Å². The average molecular weight is 275 g/mol. The van der Waals surface area contributed by atoms with Crippen LogP contribution in [0.3, 0.4) is 0 Å². The molecule has 0 aromatic heterocycles. The van der Waals surface area contributed by atoms with Crippen LogP contribution in [0.1, 0.15) is 65.0 Å². The predicted octanol–water partition coefficient (Wildman–Crippen LogP) is 5.01. The van der Waals surface area contributed by atoms with Gasteiger partial charge in [-0.3, -0.25) is 0 Å². The summed E-state index contributed by atoms with van der Waals surface area (Å²) in [5.41, 5.74) is 2.92. The second kappa shape index (κ2) is 8.46. The Morgan fingerprint density at radius 3 is 2.00 bits per heavy atom. The summed E-state index contributed by atoms with van der Waals surface area (Å²) in [5.74, 6) is 1.95. The summed E-state index contributed by atoms with van der Waals surface area (Å²) in [6.07, 6.45) is 2.37. The lowest BCUT2D eigenvalue weighted by Gasteiger charge is -2.29. The number of hydrogen-bond donors (Lipinski definition) is 1. The minimum atomic E-state index is 0.561. The van der Waals surface area contributed by atoms with Crippen LogP contribution in [0.2, 0.25) is 0 Å². The monoisotopic (exact) mass is 275 g/mol. The lowest BCUT2D eigenvalue weighted by molar-refractivity contribution is 0.354. The van der Waals surface area contributed by atoms with Crippen molar-refractivity contribution >= 4 is 0 Å². The van der Waals surface area contributed by atoms with Crippen molar-refractivity contribution in [3.63, 3.8) is 0 Å². The number of benzene rings is 1. The van der Waals surface area contributed by atoms with Crippen LogP contribution in [0.15, 0.2) is 24.3 Å². The van der Waals surface area contributed by atoms with E-state index in [9.17, 15) is 0 Å². The third kappa shape index (κ3) is 5.28. The van der Waals surface area contributed by atoms with Crippen LogP contribution in [0.5, 0.6) is 0 Å². The Balaban J connectivity index is 2.75. The fourth-order valence-electron chi connectivity index (χ4n) is 2.94. The Kier molecular flexibility index (Phi) is 7.29. The summed E-state index contributed by atoms with van der Waals surface area (Å²) >= 11 is 0. The van der Waals surface area contributed by atoms with Crippen LogP contribution in [0.25, 0.3) is 0 Å². The van der Waals surface area contributed by atoms with Gasteiger partial charge < -0.3 is 5.32 Å². The molecule has 0 heterocycles. The molecule has 0 saturated carbocycles. The van der Waals surface area contributed by atoms with E-state index in [1.165, 1.54) is 24.0 Å². The fourth-order valence-corrected chi connectivity index (χ4v) is 2.94. The van der Waals surface area contributed by atoms with Gasteiger partial charge in [0.25, 0.3) is 0 Å². The summed E-state index contributed by atoms with van der Waals surface area (Å²) in [4.78, 5) is 0. The Labute approximate surface area is 126 Å². The molecule has 1 aromatic rings. The summed E-state index contributed by atoms with van der Waals surface area (Å²) in [6, 6.07) is 9.83. The van der Waals surface area contributed by atoms with Gasteiger partial charge >= 0.3 is 0 Å². The first-order valence-electron chi connectivity index (χ1n) is 8.27. The first-order valence-corrected chi connectivity index (χ1v) is 8.27. The van der Waals surface area contributed by atoms with Gasteiger partial charge in [-0.25, -0.2) is 0 Å². The zero-order valence-electron chi connectivity index (χ0n) is 14.2. The van der Waals surface area contributed by atoms with Crippen molar-refractivity contribution in [2.45, 2.75) is 66.3 Å². The van der Waals surface area contributed by atoms with Gasteiger partial charge in [-0.2, -0.15) is 0 Å². The molecule has 2 atom stereocenters. The summed E-state index contributed by atoms with van der Waals surface area (Å²) in [5, 5.41) is 3.71. The maximum Gasteiger partial charge on any atom is 0.0156 e. The SMILES string of the molecule is CCCNC(C(C)C)C(C)c1ccc(CC(C)C)cc1. The van der Waals surface area contributed by atoms with Gasteiger partial charge in [0.15, 0.2) is 0 Å². The molecular formula is C19H33N. The van der Waals surface area contributed by atoms with Crippen LogP contribution in [0, 0.1) is 11.8 Å². The molecule has 2 unspecified atom stereocenters. The standard InChI is InChI=1S/C19H33N/c1-7-12-20-19(15(4)5)16(6)18-10-8-17(9-11-18)13-14(2)3/h8-11,14-16,19-20H,7,12-13H2,1-6H3. The number of nitrogens with one attached hydrogen (secondary N) is 1. The first kappa shape index (κ1) is 17.2. The number of hydrogen-bond acceptors (Lipinski definition) is 1. The van der Waals surface area contributed by atoms with Gasteiger partial charge in [0.1, 0.15) is 0 Å². The van der Waals surface area contributed by atoms with E-state index in [0.717, 1.165) is 12.5 Å². The molecule has 0 spiro atoms. The van der Waals surface area contributed by atoms with Crippen LogP contribution >= 0.6 is 0 Å². The molecule has 1 heteroatoms. The third-order valence-corrected chi connectivity index (χ3v) is 4.04.